The summed E-state index contributed by atoms with van der Waals surface area (Å²) in [7, 11) is 0. The molecule has 0 bridgehead atoms. The number of carbonyl (C=O) groups is 1. The van der Waals surface area contributed by atoms with Gasteiger partial charge in [0.05, 0.1) is 38.6 Å². The second-order valence-corrected chi connectivity index (χ2v) is 28.1. The average Bonchev–Trinajstić information content (AvgIpc) is 0.781. The number of unbranched alkanes of at least 4 members (excludes halogenated alkanes) is 24. The summed E-state index contributed by atoms with van der Waals surface area (Å²) >= 11 is 0. The Morgan fingerprint density at radius 3 is 1.03 bits per heavy atom. The summed E-state index contributed by atoms with van der Waals surface area (Å²) in [6.45, 7) is 1.61. The van der Waals surface area contributed by atoms with Crippen LogP contribution in [0.25, 0.3) is 0 Å². The van der Waals surface area contributed by atoms with E-state index in [-0.39, 0.29) is 18.9 Å². The second kappa shape index (κ2) is 64.5. The molecule has 3 aliphatic heterocycles. The minimum Gasteiger partial charge on any atom is -0.394 e. The monoisotopic (exact) mass is 1480 g/mol. The Bertz CT molecular complexity index is 2470. The standard InChI is InChI=1S/C86H143NO18/c1-3-5-7-9-11-13-15-17-19-21-23-24-25-26-27-28-29-30-31-32-33-34-35-36-37-38-39-40-41-42-43-44-46-48-50-52-54-56-58-60-62-64-74(92)87-69(70(91)63-61-59-57-55-53-51-49-47-45-22-20-18-16-14-12-10-8-6-4-2)68-100-84-80(98)77(95)82(72(66-89)102-84)105-86-81(99)78(96)83(73(67-90)103-86)104-85-79(97)76(94)75(93)71(65-88)101-85/h5,7,11,13,17,19,23-24,26-27,29-30,32-33,35-36,38-39,41-42,44,46,61,63,69-73,75-86,88-91,93-99H,3-4,6,8-10,12,14-16,18,20-22,25,28,31,34,37,40,43,45,47-60,62,64-68H2,1-2H3,(H,87,92)/b7-5-,13-11-,19-17-,24-23-,27-26-,30-29-,33-32-,36-35-,39-38-,42-41-,46-44-,63-61+. The zero-order valence-electron chi connectivity index (χ0n) is 64.1. The lowest BCUT2D eigenvalue weighted by Gasteiger charge is -2.48. The van der Waals surface area contributed by atoms with Crippen LogP contribution in [0.5, 0.6) is 0 Å². The summed E-state index contributed by atoms with van der Waals surface area (Å²) in [6, 6.07) is -0.991. The largest absolute Gasteiger partial charge is 0.394 e. The first-order valence-corrected chi connectivity index (χ1v) is 40.6. The summed E-state index contributed by atoms with van der Waals surface area (Å²) in [4.78, 5) is 13.5. The minimum atomic E-state index is -1.99. The van der Waals surface area contributed by atoms with Crippen LogP contribution in [0.4, 0.5) is 0 Å². The highest BCUT2D eigenvalue weighted by molar-refractivity contribution is 5.76. The highest BCUT2D eigenvalue weighted by Crippen LogP contribution is 2.33. The van der Waals surface area contributed by atoms with Crippen LogP contribution >= 0.6 is 0 Å². The van der Waals surface area contributed by atoms with Gasteiger partial charge in [-0.15, -0.1) is 0 Å². The van der Waals surface area contributed by atoms with Gasteiger partial charge in [0.1, 0.15) is 73.2 Å². The van der Waals surface area contributed by atoms with Crippen molar-refractivity contribution in [1.29, 1.82) is 0 Å². The number of nitrogens with one attached hydrogen (secondary N) is 1. The third-order valence-corrected chi connectivity index (χ3v) is 19.1. The van der Waals surface area contributed by atoms with Gasteiger partial charge in [-0.05, 0) is 103 Å². The normalized spacial score (nSPS) is 26.6. The van der Waals surface area contributed by atoms with Gasteiger partial charge in [-0.3, -0.25) is 4.79 Å². The molecule has 0 aromatic heterocycles. The fourth-order valence-electron chi connectivity index (χ4n) is 12.7. The third kappa shape index (κ3) is 44.2. The molecule has 3 heterocycles. The lowest BCUT2D eigenvalue weighted by Crippen LogP contribution is -2.66. The van der Waals surface area contributed by atoms with E-state index in [1.807, 2.05) is 6.08 Å². The van der Waals surface area contributed by atoms with Crippen molar-refractivity contribution in [2.75, 3.05) is 26.4 Å². The topological polar surface area (TPSA) is 307 Å². The smallest absolute Gasteiger partial charge is 0.220 e. The van der Waals surface area contributed by atoms with E-state index in [1.165, 1.54) is 89.9 Å². The average molecular weight is 1480 g/mol. The second-order valence-electron chi connectivity index (χ2n) is 28.1. The number of hydrogen-bond acceptors (Lipinski definition) is 18. The molecule has 0 saturated carbocycles. The van der Waals surface area contributed by atoms with Crippen molar-refractivity contribution in [3.05, 3.63) is 146 Å². The van der Waals surface area contributed by atoms with E-state index in [2.05, 4.69) is 153 Å². The molecule has 3 aliphatic rings. The van der Waals surface area contributed by atoms with Gasteiger partial charge >= 0.3 is 0 Å². The maximum Gasteiger partial charge on any atom is 0.220 e. The van der Waals surface area contributed by atoms with Crippen molar-refractivity contribution >= 4 is 5.91 Å². The molecule has 0 radical (unpaired) electrons. The first kappa shape index (κ1) is 94.9. The molecule has 0 spiro atoms. The van der Waals surface area contributed by atoms with Gasteiger partial charge in [0.2, 0.25) is 5.91 Å². The molecule has 3 fully saturated rings. The van der Waals surface area contributed by atoms with E-state index >= 15 is 0 Å². The van der Waals surface area contributed by atoms with Crippen LogP contribution in [-0.4, -0.2) is 193 Å². The van der Waals surface area contributed by atoms with Crippen LogP contribution in [0.1, 0.15) is 258 Å². The van der Waals surface area contributed by atoms with Crippen LogP contribution < -0.4 is 5.32 Å². The number of ether oxygens (including phenoxy) is 6. The van der Waals surface area contributed by atoms with E-state index in [0.717, 1.165) is 141 Å². The molecular formula is C86H143NO18. The molecule has 19 heteroatoms. The van der Waals surface area contributed by atoms with Gasteiger partial charge in [0, 0.05) is 6.42 Å². The van der Waals surface area contributed by atoms with Crippen LogP contribution in [0, 0.1) is 0 Å². The Morgan fingerprint density at radius 2 is 0.657 bits per heavy atom. The Hall–Kier alpha value is -4.33. The summed E-state index contributed by atoms with van der Waals surface area (Å²) in [5, 5.41) is 121. The number of allylic oxidation sites excluding steroid dienone is 23. The molecule has 0 aliphatic carbocycles. The highest BCUT2D eigenvalue weighted by Gasteiger charge is 2.54. The van der Waals surface area contributed by atoms with Gasteiger partial charge in [-0.25, -0.2) is 0 Å². The molecule has 17 unspecified atom stereocenters. The zero-order valence-corrected chi connectivity index (χ0v) is 64.1. The Balaban J connectivity index is 1.35. The molecule has 19 nitrogen and oxygen atoms in total. The molecular weight excluding hydrogens is 1330 g/mol. The zero-order chi connectivity index (χ0) is 76.0. The van der Waals surface area contributed by atoms with E-state index in [0.29, 0.717) is 6.42 Å². The summed E-state index contributed by atoms with van der Waals surface area (Å²) in [5.41, 5.74) is 0. The maximum atomic E-state index is 13.5. The van der Waals surface area contributed by atoms with Crippen LogP contribution in [-0.2, 0) is 33.2 Å². The van der Waals surface area contributed by atoms with Crippen molar-refractivity contribution in [1.82, 2.24) is 5.32 Å². The van der Waals surface area contributed by atoms with Crippen LogP contribution in [0.3, 0.4) is 0 Å². The van der Waals surface area contributed by atoms with Crippen molar-refractivity contribution < 1.29 is 89.4 Å². The Kier molecular flexibility index (Phi) is 58.3. The summed E-state index contributed by atoms with van der Waals surface area (Å²) in [6.07, 6.45) is 66.8. The van der Waals surface area contributed by atoms with E-state index in [4.69, 9.17) is 28.4 Å². The molecule has 105 heavy (non-hydrogen) atoms. The third-order valence-electron chi connectivity index (χ3n) is 19.1. The number of rotatable bonds is 62. The number of amides is 1. The number of aliphatic hydroxyl groups is 11. The van der Waals surface area contributed by atoms with E-state index in [9.17, 15) is 61.0 Å². The predicted octanol–water partition coefficient (Wildman–Crippen LogP) is 13.8. The quantitative estimate of drug-likeness (QED) is 0.0199. The molecule has 1 amide bonds. The van der Waals surface area contributed by atoms with Crippen LogP contribution in [0.2, 0.25) is 0 Å². The molecule has 3 saturated heterocycles. The lowest BCUT2D eigenvalue weighted by molar-refractivity contribution is -0.379. The minimum absolute atomic E-state index is 0.221. The van der Waals surface area contributed by atoms with E-state index < -0.39 is 124 Å². The van der Waals surface area contributed by atoms with Crippen LogP contribution in [0.15, 0.2) is 146 Å². The Labute approximate surface area is 632 Å². The SMILES string of the molecule is CC/C=C\C/C=C\C/C=C\C/C=C\C/C=C\C/C=C\C/C=C\C/C=C\C/C=C\C/C=C\C/C=C\CCCCCCCCCC(=O)NC(COC1OC(CO)C(OC2OC(CO)C(OC3OC(CO)C(O)C(O)C3O)C(O)C2O)C(O)C1O)C(O)/C=C/CCCCCCCCCCCCCCCCCCC. The highest BCUT2D eigenvalue weighted by atomic mass is 16.8. The number of aliphatic hydroxyl groups excluding tert-OH is 11. The molecule has 600 valence electrons. The maximum absolute atomic E-state index is 13.5. The van der Waals surface area contributed by atoms with Gasteiger partial charge in [0.15, 0.2) is 18.9 Å². The lowest BCUT2D eigenvalue weighted by atomic mass is 9.96. The van der Waals surface area contributed by atoms with Crippen molar-refractivity contribution in [3.8, 4) is 0 Å². The molecule has 0 aromatic rings. The summed E-state index contributed by atoms with van der Waals surface area (Å²) in [5.74, 6) is -0.291. The van der Waals surface area contributed by atoms with Crippen molar-refractivity contribution in [2.45, 2.75) is 362 Å². The van der Waals surface area contributed by atoms with Gasteiger partial charge < -0.3 is 89.9 Å². The molecule has 12 N–H and O–H groups in total. The van der Waals surface area contributed by atoms with Crippen molar-refractivity contribution in [3.63, 3.8) is 0 Å². The summed E-state index contributed by atoms with van der Waals surface area (Å²) < 4.78 is 34.4. The fraction of sp³-hybridized carbons (Fsp3) is 0.709. The number of hydrogen-bond donors (Lipinski definition) is 12. The molecule has 3 rings (SSSR count). The van der Waals surface area contributed by atoms with E-state index in [1.54, 1.807) is 6.08 Å². The first-order chi connectivity index (χ1) is 51.3. The van der Waals surface area contributed by atoms with Gasteiger partial charge in [0.25, 0.3) is 0 Å². The molecule has 0 aromatic carbocycles. The predicted molar refractivity (Wildman–Crippen MR) is 419 cm³/mol. The van der Waals surface area contributed by atoms with Gasteiger partial charge in [-0.1, -0.05) is 295 Å². The van der Waals surface area contributed by atoms with Crippen molar-refractivity contribution in [2.24, 2.45) is 0 Å². The first-order valence-electron chi connectivity index (χ1n) is 40.6. The van der Waals surface area contributed by atoms with Gasteiger partial charge in [-0.2, -0.15) is 0 Å². The molecule has 17 atom stereocenters. The fourth-order valence-corrected chi connectivity index (χ4v) is 12.7. The Morgan fingerprint density at radius 1 is 0.352 bits per heavy atom. The number of carbonyl (C=O) groups excluding carboxylic acids is 1.